The highest BCUT2D eigenvalue weighted by atomic mass is 15.2. The van der Waals surface area contributed by atoms with E-state index in [9.17, 15) is 0 Å². The van der Waals surface area contributed by atoms with E-state index in [-0.39, 0.29) is 0 Å². The SMILES string of the molecule is CC1CCc2cnc(C3CCCN3C(C)C)n2C1. The van der Waals surface area contributed by atoms with Crippen LogP contribution in [-0.4, -0.2) is 27.0 Å². The molecule has 1 aromatic heterocycles. The van der Waals surface area contributed by atoms with E-state index in [0.717, 1.165) is 5.92 Å². The molecule has 0 radical (unpaired) electrons. The van der Waals surface area contributed by atoms with Crippen LogP contribution in [0.3, 0.4) is 0 Å². The first-order chi connectivity index (χ1) is 8.66. The van der Waals surface area contributed by atoms with E-state index in [4.69, 9.17) is 4.98 Å². The molecule has 0 bridgehead atoms. The van der Waals surface area contributed by atoms with E-state index in [1.807, 2.05) is 0 Å². The average molecular weight is 247 g/mol. The minimum atomic E-state index is 0.559. The maximum absolute atomic E-state index is 4.77. The highest BCUT2D eigenvalue weighted by Gasteiger charge is 2.32. The molecule has 2 aliphatic rings. The van der Waals surface area contributed by atoms with Gasteiger partial charge >= 0.3 is 0 Å². The summed E-state index contributed by atoms with van der Waals surface area (Å²) >= 11 is 0. The molecule has 100 valence electrons. The van der Waals surface area contributed by atoms with Crippen molar-refractivity contribution in [3.8, 4) is 0 Å². The molecule has 1 saturated heterocycles. The summed E-state index contributed by atoms with van der Waals surface area (Å²) in [5.74, 6) is 2.14. The van der Waals surface area contributed by atoms with Crippen LogP contribution in [0.5, 0.6) is 0 Å². The van der Waals surface area contributed by atoms with E-state index >= 15 is 0 Å². The van der Waals surface area contributed by atoms with Crippen molar-refractivity contribution < 1.29 is 0 Å². The lowest BCUT2D eigenvalue weighted by Gasteiger charge is -2.30. The molecular weight excluding hydrogens is 222 g/mol. The Hall–Kier alpha value is -0.830. The molecule has 0 saturated carbocycles. The predicted molar refractivity (Wildman–Crippen MR) is 73.5 cm³/mol. The van der Waals surface area contributed by atoms with Gasteiger partial charge in [0.1, 0.15) is 5.82 Å². The molecule has 3 nitrogen and oxygen atoms in total. The Kier molecular flexibility index (Phi) is 3.18. The zero-order valence-electron chi connectivity index (χ0n) is 11.9. The maximum Gasteiger partial charge on any atom is 0.126 e. The molecule has 0 aliphatic carbocycles. The van der Waals surface area contributed by atoms with Gasteiger partial charge in [0.05, 0.1) is 6.04 Å². The molecule has 2 atom stereocenters. The first-order valence-electron chi connectivity index (χ1n) is 7.47. The molecule has 18 heavy (non-hydrogen) atoms. The van der Waals surface area contributed by atoms with Crippen molar-refractivity contribution >= 4 is 0 Å². The van der Waals surface area contributed by atoms with Gasteiger partial charge in [-0.25, -0.2) is 4.98 Å². The van der Waals surface area contributed by atoms with Crippen molar-refractivity contribution in [2.75, 3.05) is 6.54 Å². The number of hydrogen-bond donors (Lipinski definition) is 0. The van der Waals surface area contributed by atoms with Crippen molar-refractivity contribution in [1.29, 1.82) is 0 Å². The fourth-order valence-electron chi connectivity index (χ4n) is 3.58. The zero-order chi connectivity index (χ0) is 12.7. The topological polar surface area (TPSA) is 21.1 Å². The van der Waals surface area contributed by atoms with Crippen LogP contribution < -0.4 is 0 Å². The Labute approximate surface area is 110 Å². The third kappa shape index (κ3) is 1.99. The van der Waals surface area contributed by atoms with Gasteiger partial charge in [-0.15, -0.1) is 0 Å². The number of hydrogen-bond acceptors (Lipinski definition) is 2. The molecular formula is C15H25N3. The second-order valence-corrected chi connectivity index (χ2v) is 6.35. The summed E-state index contributed by atoms with van der Waals surface area (Å²) in [6.45, 7) is 9.39. The number of aromatic nitrogens is 2. The van der Waals surface area contributed by atoms with Crippen molar-refractivity contribution in [1.82, 2.24) is 14.5 Å². The maximum atomic E-state index is 4.77. The van der Waals surface area contributed by atoms with Gasteiger partial charge in [0, 0.05) is 24.5 Å². The number of rotatable bonds is 2. The van der Waals surface area contributed by atoms with Crippen LogP contribution in [0.15, 0.2) is 6.20 Å². The second kappa shape index (κ2) is 4.69. The number of imidazole rings is 1. The second-order valence-electron chi connectivity index (χ2n) is 6.35. The molecule has 1 fully saturated rings. The number of aryl methyl sites for hydroxylation is 1. The standard InChI is InChI=1S/C15H25N3/c1-11(2)17-8-4-5-14(17)15-16-9-13-7-6-12(3)10-18(13)15/h9,11-12,14H,4-8,10H2,1-3H3. The highest BCUT2D eigenvalue weighted by molar-refractivity contribution is 5.13. The van der Waals surface area contributed by atoms with Crippen LogP contribution in [-0.2, 0) is 13.0 Å². The van der Waals surface area contributed by atoms with E-state index < -0.39 is 0 Å². The molecule has 0 amide bonds. The van der Waals surface area contributed by atoms with Crippen LogP contribution in [0.2, 0.25) is 0 Å². The van der Waals surface area contributed by atoms with Crippen LogP contribution >= 0.6 is 0 Å². The van der Waals surface area contributed by atoms with Gasteiger partial charge in [-0.1, -0.05) is 6.92 Å². The normalized spacial score (nSPS) is 28.9. The lowest BCUT2D eigenvalue weighted by atomic mass is 10.00. The summed E-state index contributed by atoms with van der Waals surface area (Å²) in [7, 11) is 0. The Morgan fingerprint density at radius 1 is 1.33 bits per heavy atom. The van der Waals surface area contributed by atoms with Gasteiger partial charge in [-0.3, -0.25) is 4.90 Å². The third-order valence-electron chi connectivity index (χ3n) is 4.61. The average Bonchev–Trinajstić information content (AvgIpc) is 2.92. The van der Waals surface area contributed by atoms with Gasteiger partial charge in [0.15, 0.2) is 0 Å². The van der Waals surface area contributed by atoms with Crippen LogP contribution in [0.1, 0.15) is 57.6 Å². The van der Waals surface area contributed by atoms with Crippen molar-refractivity contribution in [2.24, 2.45) is 5.92 Å². The minimum Gasteiger partial charge on any atom is -0.330 e. The van der Waals surface area contributed by atoms with Crippen LogP contribution in [0.25, 0.3) is 0 Å². The predicted octanol–water partition coefficient (Wildman–Crippen LogP) is 3.01. The summed E-state index contributed by atoms with van der Waals surface area (Å²) in [5.41, 5.74) is 1.46. The quantitative estimate of drug-likeness (QED) is 0.801. The molecule has 2 unspecified atom stereocenters. The van der Waals surface area contributed by atoms with Crippen LogP contribution in [0.4, 0.5) is 0 Å². The van der Waals surface area contributed by atoms with Crippen molar-refractivity contribution in [2.45, 2.75) is 65.1 Å². The largest absolute Gasteiger partial charge is 0.330 e. The van der Waals surface area contributed by atoms with E-state index in [1.54, 1.807) is 0 Å². The fourth-order valence-corrected chi connectivity index (χ4v) is 3.58. The molecule has 3 heteroatoms. The van der Waals surface area contributed by atoms with E-state index in [0.29, 0.717) is 12.1 Å². The van der Waals surface area contributed by atoms with Crippen molar-refractivity contribution in [3.05, 3.63) is 17.7 Å². The fraction of sp³-hybridized carbons (Fsp3) is 0.800. The molecule has 3 rings (SSSR count). The molecule has 0 N–H and O–H groups in total. The number of fused-ring (bicyclic) bond motifs is 1. The summed E-state index contributed by atoms with van der Waals surface area (Å²) in [5, 5.41) is 0. The summed E-state index contributed by atoms with van der Waals surface area (Å²) in [6.07, 6.45) is 7.26. The molecule has 1 aromatic rings. The highest BCUT2D eigenvalue weighted by Crippen LogP contribution is 2.34. The van der Waals surface area contributed by atoms with Crippen molar-refractivity contribution in [3.63, 3.8) is 0 Å². The first-order valence-corrected chi connectivity index (χ1v) is 7.47. The molecule has 2 aliphatic heterocycles. The smallest absolute Gasteiger partial charge is 0.126 e. The lowest BCUT2D eigenvalue weighted by Crippen LogP contribution is -2.32. The first kappa shape index (κ1) is 12.2. The summed E-state index contributed by atoms with van der Waals surface area (Å²) < 4.78 is 2.51. The van der Waals surface area contributed by atoms with Gasteiger partial charge in [0.25, 0.3) is 0 Å². The zero-order valence-corrected chi connectivity index (χ0v) is 11.9. The lowest BCUT2D eigenvalue weighted by molar-refractivity contribution is 0.192. The van der Waals surface area contributed by atoms with Crippen LogP contribution in [0, 0.1) is 5.92 Å². The summed E-state index contributed by atoms with van der Waals surface area (Å²) in [4.78, 5) is 7.39. The monoisotopic (exact) mass is 247 g/mol. The minimum absolute atomic E-state index is 0.559. The Morgan fingerprint density at radius 2 is 2.17 bits per heavy atom. The Balaban J connectivity index is 1.90. The van der Waals surface area contributed by atoms with Gasteiger partial charge in [-0.05, 0) is 52.0 Å². The number of likely N-dealkylation sites (tertiary alicyclic amines) is 1. The summed E-state index contributed by atoms with van der Waals surface area (Å²) in [6, 6.07) is 1.19. The molecule has 0 aromatic carbocycles. The van der Waals surface area contributed by atoms with Gasteiger partial charge < -0.3 is 4.57 Å². The number of nitrogens with zero attached hydrogens (tertiary/aromatic N) is 3. The van der Waals surface area contributed by atoms with E-state index in [1.165, 1.54) is 50.3 Å². The van der Waals surface area contributed by atoms with Gasteiger partial charge in [-0.2, -0.15) is 0 Å². The Bertz CT molecular complexity index is 421. The Morgan fingerprint density at radius 3 is 2.94 bits per heavy atom. The van der Waals surface area contributed by atoms with E-state index in [2.05, 4.69) is 36.4 Å². The molecule has 0 spiro atoms. The third-order valence-corrected chi connectivity index (χ3v) is 4.61. The molecule has 3 heterocycles. The van der Waals surface area contributed by atoms with Gasteiger partial charge in [0.2, 0.25) is 0 Å².